The molecule has 0 bridgehead atoms. The van der Waals surface area contributed by atoms with Gasteiger partial charge in [-0.3, -0.25) is 9.48 Å². The van der Waals surface area contributed by atoms with E-state index in [9.17, 15) is 13.6 Å². The highest BCUT2D eigenvalue weighted by Crippen LogP contribution is 2.15. The van der Waals surface area contributed by atoms with Crippen LogP contribution in [0.3, 0.4) is 0 Å². The molecule has 0 radical (unpaired) electrons. The van der Waals surface area contributed by atoms with Gasteiger partial charge in [-0.15, -0.1) is 0 Å². The van der Waals surface area contributed by atoms with Crippen molar-refractivity contribution in [1.82, 2.24) is 9.78 Å². The second-order valence-electron chi connectivity index (χ2n) is 4.87. The summed E-state index contributed by atoms with van der Waals surface area (Å²) in [5.74, 6) is 0.166. The average Bonchev–Trinajstić information content (AvgIpc) is 2.93. The third-order valence-corrected chi connectivity index (χ3v) is 2.98. The fourth-order valence-corrected chi connectivity index (χ4v) is 1.87. The number of amides is 1. The van der Waals surface area contributed by atoms with E-state index in [1.165, 1.54) is 12.3 Å². The Balaban J connectivity index is 1.92. The standard InChI is InChI=1S/C15H17F2N3O3/c1-10(23-12-4-2-3-11(7-12)9-21)15(22)18-14-5-6-20(19-14)8-13(16)17/h2-7,10,13,21H,8-9H2,1H3,(H,18,19,22). The lowest BCUT2D eigenvalue weighted by atomic mass is 10.2. The molecule has 8 heteroatoms. The average molecular weight is 325 g/mol. The second kappa shape index (κ2) is 7.68. The zero-order chi connectivity index (χ0) is 16.8. The number of aromatic nitrogens is 2. The molecule has 1 unspecified atom stereocenters. The number of hydrogen-bond donors (Lipinski definition) is 2. The Labute approximate surface area is 131 Å². The van der Waals surface area contributed by atoms with Crippen LogP contribution in [0.5, 0.6) is 5.75 Å². The smallest absolute Gasteiger partial charge is 0.266 e. The number of alkyl halides is 2. The molecule has 1 heterocycles. The molecule has 0 aliphatic rings. The van der Waals surface area contributed by atoms with Crippen molar-refractivity contribution in [3.05, 3.63) is 42.1 Å². The first-order valence-electron chi connectivity index (χ1n) is 6.97. The summed E-state index contributed by atoms with van der Waals surface area (Å²) >= 11 is 0. The number of nitrogens with zero attached hydrogens (tertiary/aromatic N) is 2. The fourth-order valence-electron chi connectivity index (χ4n) is 1.87. The predicted octanol–water partition coefficient (Wildman–Crippen LogP) is 2.05. The van der Waals surface area contributed by atoms with E-state index in [2.05, 4.69) is 10.4 Å². The van der Waals surface area contributed by atoms with E-state index in [0.717, 1.165) is 4.68 Å². The van der Waals surface area contributed by atoms with Gasteiger partial charge in [-0.2, -0.15) is 5.10 Å². The number of nitrogens with one attached hydrogen (secondary N) is 1. The number of benzene rings is 1. The van der Waals surface area contributed by atoms with Crippen LogP contribution in [-0.4, -0.2) is 33.3 Å². The van der Waals surface area contributed by atoms with E-state index in [1.54, 1.807) is 31.2 Å². The highest BCUT2D eigenvalue weighted by atomic mass is 19.3. The van der Waals surface area contributed by atoms with Gasteiger partial charge in [0.1, 0.15) is 12.3 Å². The van der Waals surface area contributed by atoms with Crippen molar-refractivity contribution in [1.29, 1.82) is 0 Å². The molecular formula is C15H17F2N3O3. The monoisotopic (exact) mass is 325 g/mol. The Bertz CT molecular complexity index is 661. The van der Waals surface area contributed by atoms with E-state index in [0.29, 0.717) is 11.3 Å². The predicted molar refractivity (Wildman–Crippen MR) is 79.3 cm³/mol. The van der Waals surface area contributed by atoms with Crippen LogP contribution in [0.15, 0.2) is 36.5 Å². The molecule has 1 atom stereocenters. The van der Waals surface area contributed by atoms with Crippen LogP contribution in [-0.2, 0) is 17.9 Å². The van der Waals surface area contributed by atoms with Crippen molar-refractivity contribution in [2.75, 3.05) is 5.32 Å². The quantitative estimate of drug-likeness (QED) is 0.817. The van der Waals surface area contributed by atoms with Gasteiger partial charge < -0.3 is 15.2 Å². The highest BCUT2D eigenvalue weighted by Gasteiger charge is 2.16. The number of aliphatic hydroxyl groups excluding tert-OH is 1. The Morgan fingerprint density at radius 3 is 2.91 bits per heavy atom. The number of hydrogen-bond acceptors (Lipinski definition) is 4. The normalized spacial score (nSPS) is 12.2. The summed E-state index contributed by atoms with van der Waals surface area (Å²) in [5, 5.41) is 15.4. The first kappa shape index (κ1) is 16.9. The van der Waals surface area contributed by atoms with Gasteiger partial charge >= 0.3 is 0 Å². The van der Waals surface area contributed by atoms with Crippen LogP contribution in [0.4, 0.5) is 14.6 Å². The van der Waals surface area contributed by atoms with Gasteiger partial charge in [0.25, 0.3) is 12.3 Å². The van der Waals surface area contributed by atoms with Crippen molar-refractivity contribution < 1.29 is 23.4 Å². The number of anilines is 1. The first-order valence-corrected chi connectivity index (χ1v) is 6.97. The summed E-state index contributed by atoms with van der Waals surface area (Å²) in [6.07, 6.45) is -1.97. The summed E-state index contributed by atoms with van der Waals surface area (Å²) in [6.45, 7) is 0.895. The van der Waals surface area contributed by atoms with Gasteiger partial charge in [-0.05, 0) is 24.6 Å². The van der Waals surface area contributed by atoms with Gasteiger partial charge in [-0.1, -0.05) is 12.1 Å². The minimum atomic E-state index is -2.51. The van der Waals surface area contributed by atoms with Crippen molar-refractivity contribution >= 4 is 11.7 Å². The Morgan fingerprint density at radius 1 is 1.43 bits per heavy atom. The topological polar surface area (TPSA) is 76.4 Å². The molecule has 0 saturated heterocycles. The van der Waals surface area contributed by atoms with E-state index in [-0.39, 0.29) is 12.4 Å². The summed E-state index contributed by atoms with van der Waals surface area (Å²) < 4.78 is 31.0. The number of carbonyl (C=O) groups is 1. The largest absolute Gasteiger partial charge is 0.481 e. The van der Waals surface area contributed by atoms with E-state index < -0.39 is 25.0 Å². The van der Waals surface area contributed by atoms with Crippen LogP contribution >= 0.6 is 0 Å². The molecule has 0 aliphatic heterocycles. The third-order valence-electron chi connectivity index (χ3n) is 2.98. The summed E-state index contributed by atoms with van der Waals surface area (Å²) in [5.41, 5.74) is 0.667. The number of rotatable bonds is 7. The number of aliphatic hydroxyl groups is 1. The molecule has 0 spiro atoms. The first-order chi connectivity index (χ1) is 11.0. The zero-order valence-electron chi connectivity index (χ0n) is 12.4. The van der Waals surface area contributed by atoms with Crippen molar-refractivity contribution in [3.63, 3.8) is 0 Å². The van der Waals surface area contributed by atoms with Gasteiger partial charge in [0.15, 0.2) is 11.9 Å². The summed E-state index contributed by atoms with van der Waals surface area (Å²) in [7, 11) is 0. The molecular weight excluding hydrogens is 308 g/mol. The molecule has 1 amide bonds. The number of ether oxygens (including phenoxy) is 1. The maximum atomic E-state index is 12.2. The summed E-state index contributed by atoms with van der Waals surface area (Å²) in [4.78, 5) is 12.0. The van der Waals surface area contributed by atoms with Crippen molar-refractivity contribution in [2.24, 2.45) is 0 Å². The van der Waals surface area contributed by atoms with E-state index in [4.69, 9.17) is 9.84 Å². The minimum Gasteiger partial charge on any atom is -0.481 e. The van der Waals surface area contributed by atoms with E-state index in [1.807, 2.05) is 0 Å². The Kier molecular flexibility index (Phi) is 5.64. The lowest BCUT2D eigenvalue weighted by Crippen LogP contribution is -2.30. The molecule has 1 aromatic carbocycles. The van der Waals surface area contributed by atoms with Crippen molar-refractivity contribution in [3.8, 4) is 5.75 Å². The summed E-state index contributed by atoms with van der Waals surface area (Å²) in [6, 6.07) is 8.16. The van der Waals surface area contributed by atoms with Crippen LogP contribution < -0.4 is 10.1 Å². The highest BCUT2D eigenvalue weighted by molar-refractivity contribution is 5.93. The molecule has 6 nitrogen and oxygen atoms in total. The molecule has 2 aromatic rings. The second-order valence-corrected chi connectivity index (χ2v) is 4.87. The van der Waals surface area contributed by atoms with E-state index >= 15 is 0 Å². The lowest BCUT2D eigenvalue weighted by molar-refractivity contribution is -0.122. The van der Waals surface area contributed by atoms with Gasteiger partial charge in [0.05, 0.1) is 6.61 Å². The molecule has 23 heavy (non-hydrogen) atoms. The third kappa shape index (κ3) is 5.03. The van der Waals surface area contributed by atoms with Crippen LogP contribution in [0.1, 0.15) is 12.5 Å². The molecule has 2 N–H and O–H groups in total. The molecule has 0 aliphatic carbocycles. The zero-order valence-corrected chi connectivity index (χ0v) is 12.4. The number of halogens is 2. The lowest BCUT2D eigenvalue weighted by Gasteiger charge is -2.14. The minimum absolute atomic E-state index is 0.126. The SMILES string of the molecule is CC(Oc1cccc(CO)c1)C(=O)Nc1ccn(CC(F)F)n1. The Hall–Kier alpha value is -2.48. The maximum Gasteiger partial charge on any atom is 0.266 e. The van der Waals surface area contributed by atoms with Crippen LogP contribution in [0.2, 0.25) is 0 Å². The van der Waals surface area contributed by atoms with Gasteiger partial charge in [0, 0.05) is 12.3 Å². The van der Waals surface area contributed by atoms with Gasteiger partial charge in [-0.25, -0.2) is 8.78 Å². The molecule has 2 rings (SSSR count). The van der Waals surface area contributed by atoms with Gasteiger partial charge in [0.2, 0.25) is 0 Å². The molecule has 0 saturated carbocycles. The molecule has 1 aromatic heterocycles. The fraction of sp³-hybridized carbons (Fsp3) is 0.333. The Morgan fingerprint density at radius 2 is 2.22 bits per heavy atom. The van der Waals surface area contributed by atoms with Crippen molar-refractivity contribution in [2.45, 2.75) is 32.6 Å². The molecule has 124 valence electrons. The van der Waals surface area contributed by atoms with Crippen LogP contribution in [0, 0.1) is 0 Å². The van der Waals surface area contributed by atoms with Crippen LogP contribution in [0.25, 0.3) is 0 Å². The maximum absolute atomic E-state index is 12.2. The molecule has 0 fully saturated rings. The number of carbonyl (C=O) groups excluding carboxylic acids is 1.